The lowest BCUT2D eigenvalue weighted by Gasteiger charge is -2.33. The highest BCUT2D eigenvalue weighted by atomic mass is 15.2. The topological polar surface area (TPSA) is 50.4 Å². The van der Waals surface area contributed by atoms with E-state index in [-0.39, 0.29) is 10.8 Å². The number of hydrogen-bond donors (Lipinski definition) is 0. The normalized spacial score (nSPS) is 13.1. The summed E-state index contributed by atoms with van der Waals surface area (Å²) in [4.78, 5) is 12.0. The van der Waals surface area contributed by atoms with E-state index in [1.54, 1.807) is 0 Å². The fourth-order valence-electron chi connectivity index (χ4n) is 25.4. The number of nitrogens with zero attached hydrogens (tertiary/aromatic N) is 7. The lowest BCUT2D eigenvalue weighted by molar-refractivity contribution is 0.414. The smallest absolute Gasteiger partial charge is 0.235 e. The van der Waals surface area contributed by atoms with Crippen molar-refractivity contribution in [2.24, 2.45) is 0 Å². The van der Waals surface area contributed by atoms with Gasteiger partial charge in [0.25, 0.3) is 0 Å². The molecular formula is C136H107N7. The summed E-state index contributed by atoms with van der Waals surface area (Å²) in [5.74, 6) is 0.565. The molecule has 0 atom stereocenters. The minimum Gasteiger partial charge on any atom is -0.309 e. The van der Waals surface area contributed by atoms with Gasteiger partial charge in [-0.2, -0.15) is 0 Å². The molecule has 143 heavy (non-hydrogen) atoms. The standard InChI is InChI=1S/C136H107N7/c1-5-9-73-135(74-10-6-2)118-49-28-22-43-103(118)105-65-62-100(85-120(105)135)141-126-53-32-26-47-109(126)114-81-93(58-69-130(114)141)95-60-71-132-116(83-95)117-84-96(94-59-70-131-115(82-94)110-48-27-33-54-127(110)142(131)101-63-66-106-104-44-23-29-50-119(104)136(75-11-7-3,76-12-8-4)121(106)86-101)61-72-133(117)143(132)134-137-122(87-123(138-134)111-78-90(88-35-16-13-17-36-88)55-64-102(111)89-37-18-14-19-38-89)97-39-34-42-99(77-97)140-125-52-31-25-46-108(125)113-80-92(57-68-129(113)140)91-56-67-128-112(79-91)107-45-24-30-51-124(107)139(128)98-40-20-15-21-41-98/h13-72,77-87H,5-12,73-76H2,1-4H3. The van der Waals surface area contributed by atoms with Crippen LogP contribution in [0.3, 0.4) is 0 Å². The van der Waals surface area contributed by atoms with Crippen molar-refractivity contribution < 1.29 is 0 Å². The fraction of sp³-hybridized carbons (Fsp3) is 0.132. The molecule has 6 aromatic heterocycles. The lowest BCUT2D eigenvalue weighted by atomic mass is 9.71. The molecule has 2 aliphatic carbocycles. The molecule has 0 bridgehead atoms. The highest BCUT2D eigenvalue weighted by Crippen LogP contribution is 2.58. The van der Waals surface area contributed by atoms with Gasteiger partial charge in [0.2, 0.25) is 5.95 Å². The van der Waals surface area contributed by atoms with Gasteiger partial charge in [0.1, 0.15) is 0 Å². The van der Waals surface area contributed by atoms with E-state index in [1.165, 1.54) is 163 Å². The molecule has 0 radical (unpaired) electrons. The first-order chi connectivity index (χ1) is 70.7. The molecule has 0 unspecified atom stereocenters. The van der Waals surface area contributed by atoms with Crippen molar-refractivity contribution in [3.05, 3.63) is 453 Å². The van der Waals surface area contributed by atoms with Crippen LogP contribution in [0, 0.1) is 0 Å². The van der Waals surface area contributed by atoms with Gasteiger partial charge in [-0.15, -0.1) is 0 Å². The van der Waals surface area contributed by atoms with Crippen LogP contribution in [0.4, 0.5) is 0 Å². The average Bonchev–Trinajstić information content (AvgIpc) is 1.55. The average molecular weight is 1840 g/mol. The van der Waals surface area contributed by atoms with Gasteiger partial charge in [-0.05, 0) is 284 Å². The van der Waals surface area contributed by atoms with Crippen molar-refractivity contribution in [2.75, 3.05) is 0 Å². The van der Waals surface area contributed by atoms with Crippen LogP contribution in [-0.4, -0.2) is 32.8 Å². The first-order valence-electron chi connectivity index (χ1n) is 51.7. The Morgan fingerprint density at radius 1 is 0.175 bits per heavy atom. The molecule has 2 aliphatic rings. The van der Waals surface area contributed by atoms with Crippen molar-refractivity contribution in [2.45, 2.75) is 116 Å². The molecule has 19 aromatic carbocycles. The summed E-state index contributed by atoms with van der Waals surface area (Å²) in [5.41, 5.74) is 42.2. The zero-order chi connectivity index (χ0) is 95.1. The Bertz CT molecular complexity index is 9110. The predicted molar refractivity (Wildman–Crippen MR) is 602 cm³/mol. The van der Waals surface area contributed by atoms with E-state index >= 15 is 0 Å². The Kier molecular flexibility index (Phi) is 20.7. The van der Waals surface area contributed by atoms with Crippen molar-refractivity contribution in [3.63, 3.8) is 0 Å². The van der Waals surface area contributed by atoms with Gasteiger partial charge in [-0.3, -0.25) is 4.57 Å². The fourth-order valence-corrected chi connectivity index (χ4v) is 25.4. The van der Waals surface area contributed by atoms with Gasteiger partial charge in [0, 0.05) is 98.6 Å². The maximum atomic E-state index is 6.04. The molecule has 0 saturated heterocycles. The van der Waals surface area contributed by atoms with E-state index in [1.807, 2.05) is 0 Å². The van der Waals surface area contributed by atoms with Crippen LogP contribution in [0.1, 0.15) is 127 Å². The Balaban J connectivity index is 0.647. The molecule has 6 heterocycles. The quantitative estimate of drug-likeness (QED) is 0.0605. The SMILES string of the molecule is CCCCC1(CCCC)c2ccccc2-c2ccc(-n3c4ccccc4c4cc(-c5ccc6c(c5)c5cc(-c7ccc8c(c7)c7ccccc7n8-c7ccc8c(c7)C(CCCC)(CCCC)c7ccccc7-8)ccc5n6-c5nc(-c6cccc(-n7c8ccccc8c8cc(-c9ccc%10c(c9)c9ccccc9n%10-c9ccccc9)ccc87)c6)cc(-c6cc(-c7ccccc7)ccc6-c6ccccc6)n5)ccc43)cc21. The summed E-state index contributed by atoms with van der Waals surface area (Å²) >= 11 is 0. The van der Waals surface area contributed by atoms with E-state index in [9.17, 15) is 0 Å². The third kappa shape index (κ3) is 13.7. The first kappa shape index (κ1) is 85.5. The van der Waals surface area contributed by atoms with Gasteiger partial charge in [0.15, 0.2) is 0 Å². The minimum atomic E-state index is -0.0503. The number of para-hydroxylation sites is 5. The Morgan fingerprint density at radius 3 is 0.881 bits per heavy atom. The molecular weight excluding hydrogens is 1730 g/mol. The first-order valence-corrected chi connectivity index (χ1v) is 51.7. The molecule has 0 fully saturated rings. The van der Waals surface area contributed by atoms with E-state index in [0.717, 1.165) is 168 Å². The Labute approximate surface area is 833 Å². The minimum absolute atomic E-state index is 0.0503. The largest absolute Gasteiger partial charge is 0.309 e. The number of rotatable bonds is 24. The van der Waals surface area contributed by atoms with Crippen LogP contribution < -0.4 is 0 Å². The summed E-state index contributed by atoms with van der Waals surface area (Å²) in [5, 5.41) is 11.9. The third-order valence-electron chi connectivity index (χ3n) is 32.1. The zero-order valence-electron chi connectivity index (χ0n) is 81.1. The van der Waals surface area contributed by atoms with Gasteiger partial charge in [0.05, 0.1) is 66.6 Å². The highest BCUT2D eigenvalue weighted by molar-refractivity contribution is 6.17. The zero-order valence-corrected chi connectivity index (χ0v) is 81.1. The van der Waals surface area contributed by atoms with Gasteiger partial charge in [-0.1, -0.05) is 352 Å². The van der Waals surface area contributed by atoms with Crippen molar-refractivity contribution in [1.29, 1.82) is 0 Å². The summed E-state index contributed by atoms with van der Waals surface area (Å²) in [7, 11) is 0. The van der Waals surface area contributed by atoms with E-state index in [2.05, 4.69) is 481 Å². The van der Waals surface area contributed by atoms with Gasteiger partial charge >= 0.3 is 0 Å². The Morgan fingerprint density at radius 2 is 0.469 bits per heavy atom. The van der Waals surface area contributed by atoms with E-state index in [0.29, 0.717) is 5.95 Å². The second-order valence-corrected chi connectivity index (χ2v) is 40.1. The van der Waals surface area contributed by atoms with Crippen LogP contribution in [-0.2, 0) is 10.8 Å². The maximum absolute atomic E-state index is 6.04. The second-order valence-electron chi connectivity index (χ2n) is 40.1. The number of hydrogen-bond acceptors (Lipinski definition) is 2. The summed E-state index contributed by atoms with van der Waals surface area (Å²) < 4.78 is 12.3. The molecule has 0 aliphatic heterocycles. The van der Waals surface area contributed by atoms with Crippen LogP contribution in [0.5, 0.6) is 0 Å². The summed E-state index contributed by atoms with van der Waals surface area (Å²) in [6.45, 7) is 9.39. The highest BCUT2D eigenvalue weighted by Gasteiger charge is 2.44. The number of fused-ring (bicyclic) bond motifs is 21. The Hall–Kier alpha value is -16.7. The maximum Gasteiger partial charge on any atom is 0.235 e. The summed E-state index contributed by atoms with van der Waals surface area (Å²) in [6, 6.07) is 163. The van der Waals surface area contributed by atoms with E-state index < -0.39 is 0 Å². The molecule has 27 rings (SSSR count). The van der Waals surface area contributed by atoms with Crippen LogP contribution in [0.2, 0.25) is 0 Å². The van der Waals surface area contributed by atoms with Crippen molar-refractivity contribution >= 4 is 109 Å². The molecule has 7 nitrogen and oxygen atoms in total. The molecule has 0 saturated carbocycles. The van der Waals surface area contributed by atoms with Crippen molar-refractivity contribution in [3.8, 4) is 129 Å². The van der Waals surface area contributed by atoms with Crippen LogP contribution in [0.15, 0.2) is 431 Å². The summed E-state index contributed by atoms with van der Waals surface area (Å²) in [6.07, 6.45) is 13.9. The van der Waals surface area contributed by atoms with Gasteiger partial charge in [-0.25, -0.2) is 9.97 Å². The third-order valence-corrected chi connectivity index (χ3v) is 32.1. The van der Waals surface area contributed by atoms with Crippen LogP contribution in [0.25, 0.3) is 238 Å². The van der Waals surface area contributed by atoms with Crippen LogP contribution >= 0.6 is 0 Å². The molecule has 7 heteroatoms. The molecule has 0 N–H and O–H groups in total. The van der Waals surface area contributed by atoms with Gasteiger partial charge < -0.3 is 18.3 Å². The molecule has 686 valence electrons. The molecule has 0 spiro atoms. The van der Waals surface area contributed by atoms with E-state index in [4.69, 9.17) is 9.97 Å². The lowest BCUT2D eigenvalue weighted by Crippen LogP contribution is -2.25. The predicted octanol–water partition coefficient (Wildman–Crippen LogP) is 36.9. The second kappa shape index (κ2) is 34.6. The molecule has 25 aromatic rings. The number of benzene rings is 19. The monoisotopic (exact) mass is 1840 g/mol. The van der Waals surface area contributed by atoms with Crippen molar-refractivity contribution in [1.82, 2.24) is 32.8 Å². The number of aromatic nitrogens is 7. The molecule has 0 amide bonds. The number of unbranched alkanes of at least 4 members (excludes halogenated alkanes) is 4.